The van der Waals surface area contributed by atoms with Gasteiger partial charge in [-0.2, -0.15) is 0 Å². The minimum atomic E-state index is 0.0846. The number of amides is 1. The molecule has 120 valence electrons. The maximum Gasteiger partial charge on any atom is 0.224 e. The first kappa shape index (κ1) is 15.6. The lowest BCUT2D eigenvalue weighted by Gasteiger charge is -2.17. The lowest BCUT2D eigenvalue weighted by atomic mass is 10.1. The van der Waals surface area contributed by atoms with E-state index in [4.69, 9.17) is 5.73 Å². The van der Waals surface area contributed by atoms with E-state index >= 15 is 0 Å². The van der Waals surface area contributed by atoms with E-state index in [-0.39, 0.29) is 11.9 Å². The summed E-state index contributed by atoms with van der Waals surface area (Å²) in [7, 11) is 0. The van der Waals surface area contributed by atoms with Crippen molar-refractivity contribution in [2.75, 3.05) is 18.8 Å². The summed E-state index contributed by atoms with van der Waals surface area (Å²) in [6.07, 6.45) is 1.43. The molecule has 0 bridgehead atoms. The third kappa shape index (κ3) is 4.57. The van der Waals surface area contributed by atoms with Crippen molar-refractivity contribution in [3.63, 3.8) is 0 Å². The Balaban J connectivity index is 1.46. The number of hydrogen-bond donors (Lipinski definition) is 2. The minimum absolute atomic E-state index is 0.0846. The van der Waals surface area contributed by atoms with Crippen LogP contribution in [0, 0.1) is 0 Å². The van der Waals surface area contributed by atoms with E-state index in [0.717, 1.165) is 37.3 Å². The van der Waals surface area contributed by atoms with E-state index in [0.29, 0.717) is 6.42 Å². The Hall–Kier alpha value is -2.33. The molecule has 0 aliphatic carbocycles. The Morgan fingerprint density at radius 1 is 1.09 bits per heavy atom. The maximum atomic E-state index is 12.2. The summed E-state index contributed by atoms with van der Waals surface area (Å²) >= 11 is 0. The van der Waals surface area contributed by atoms with E-state index in [2.05, 4.69) is 34.5 Å². The lowest BCUT2D eigenvalue weighted by molar-refractivity contribution is -0.121. The van der Waals surface area contributed by atoms with Crippen LogP contribution in [0.4, 0.5) is 5.69 Å². The molecule has 1 atom stereocenters. The number of likely N-dealkylation sites (tertiary alicyclic amines) is 1. The van der Waals surface area contributed by atoms with Crippen molar-refractivity contribution in [2.45, 2.75) is 25.4 Å². The second kappa shape index (κ2) is 7.29. The van der Waals surface area contributed by atoms with Crippen LogP contribution in [0.2, 0.25) is 0 Å². The molecular formula is C19H23N3O. The van der Waals surface area contributed by atoms with Gasteiger partial charge < -0.3 is 11.1 Å². The van der Waals surface area contributed by atoms with Crippen LogP contribution in [0.1, 0.15) is 17.5 Å². The smallest absolute Gasteiger partial charge is 0.224 e. The number of carbonyl (C=O) groups excluding carboxylic acids is 1. The molecule has 1 aliphatic rings. The highest BCUT2D eigenvalue weighted by atomic mass is 16.1. The highest BCUT2D eigenvalue weighted by Gasteiger charge is 2.23. The number of hydrogen-bond acceptors (Lipinski definition) is 3. The van der Waals surface area contributed by atoms with Crippen molar-refractivity contribution in [1.29, 1.82) is 0 Å². The fourth-order valence-corrected chi connectivity index (χ4v) is 3.04. The monoisotopic (exact) mass is 309 g/mol. The van der Waals surface area contributed by atoms with Gasteiger partial charge in [-0.1, -0.05) is 42.5 Å². The molecule has 1 fully saturated rings. The van der Waals surface area contributed by atoms with Crippen LogP contribution in [0.15, 0.2) is 54.6 Å². The van der Waals surface area contributed by atoms with Crippen molar-refractivity contribution < 1.29 is 4.79 Å². The zero-order chi connectivity index (χ0) is 16.1. The topological polar surface area (TPSA) is 58.4 Å². The number of benzene rings is 2. The van der Waals surface area contributed by atoms with Crippen LogP contribution in [-0.4, -0.2) is 29.9 Å². The molecule has 1 saturated heterocycles. The minimum Gasteiger partial charge on any atom is -0.399 e. The quantitative estimate of drug-likeness (QED) is 0.833. The molecule has 1 aliphatic heterocycles. The van der Waals surface area contributed by atoms with Crippen molar-refractivity contribution in [2.24, 2.45) is 0 Å². The van der Waals surface area contributed by atoms with E-state index in [1.54, 1.807) is 0 Å². The van der Waals surface area contributed by atoms with E-state index in [1.807, 2.05) is 30.3 Å². The Bertz CT molecular complexity index is 639. The second-order valence-electron chi connectivity index (χ2n) is 6.19. The first-order chi connectivity index (χ1) is 11.2. The van der Waals surface area contributed by atoms with Crippen LogP contribution >= 0.6 is 0 Å². The predicted octanol–water partition coefficient (Wildman–Crippen LogP) is 2.20. The molecular weight excluding hydrogens is 286 g/mol. The van der Waals surface area contributed by atoms with E-state index in [9.17, 15) is 4.79 Å². The summed E-state index contributed by atoms with van der Waals surface area (Å²) in [5.41, 5.74) is 8.70. The van der Waals surface area contributed by atoms with Gasteiger partial charge in [0, 0.05) is 31.4 Å². The van der Waals surface area contributed by atoms with Gasteiger partial charge in [0.15, 0.2) is 0 Å². The summed E-state index contributed by atoms with van der Waals surface area (Å²) < 4.78 is 0. The first-order valence-corrected chi connectivity index (χ1v) is 8.09. The fourth-order valence-electron chi connectivity index (χ4n) is 3.04. The van der Waals surface area contributed by atoms with Gasteiger partial charge in [-0.3, -0.25) is 9.69 Å². The summed E-state index contributed by atoms with van der Waals surface area (Å²) in [6.45, 7) is 2.90. The Kier molecular flexibility index (Phi) is 4.93. The Morgan fingerprint density at radius 3 is 2.57 bits per heavy atom. The molecule has 1 amide bonds. The second-order valence-corrected chi connectivity index (χ2v) is 6.19. The highest BCUT2D eigenvalue weighted by Crippen LogP contribution is 2.14. The van der Waals surface area contributed by atoms with Gasteiger partial charge in [0.1, 0.15) is 0 Å². The molecule has 3 N–H and O–H groups in total. The number of nitrogens with zero attached hydrogens (tertiary/aromatic N) is 1. The maximum absolute atomic E-state index is 12.2. The van der Waals surface area contributed by atoms with Crippen molar-refractivity contribution in [3.05, 3.63) is 65.7 Å². The summed E-state index contributed by atoms with van der Waals surface area (Å²) in [6, 6.07) is 18.2. The van der Waals surface area contributed by atoms with Gasteiger partial charge in [-0.25, -0.2) is 0 Å². The largest absolute Gasteiger partial charge is 0.399 e. The number of anilines is 1. The van der Waals surface area contributed by atoms with Crippen LogP contribution in [0.5, 0.6) is 0 Å². The summed E-state index contributed by atoms with van der Waals surface area (Å²) in [5, 5.41) is 3.15. The molecule has 3 rings (SSSR count). The highest BCUT2D eigenvalue weighted by molar-refractivity contribution is 5.79. The molecule has 23 heavy (non-hydrogen) atoms. The molecule has 0 spiro atoms. The molecule has 2 aromatic carbocycles. The predicted molar refractivity (Wildman–Crippen MR) is 92.8 cm³/mol. The molecule has 4 heteroatoms. The summed E-state index contributed by atoms with van der Waals surface area (Å²) in [5.74, 6) is 0.0846. The number of nitrogens with one attached hydrogen (secondary N) is 1. The summed E-state index contributed by atoms with van der Waals surface area (Å²) in [4.78, 5) is 14.5. The van der Waals surface area contributed by atoms with Crippen LogP contribution < -0.4 is 11.1 Å². The van der Waals surface area contributed by atoms with Gasteiger partial charge in [-0.05, 0) is 29.7 Å². The van der Waals surface area contributed by atoms with Crippen molar-refractivity contribution in [1.82, 2.24) is 10.2 Å². The van der Waals surface area contributed by atoms with Gasteiger partial charge in [0.25, 0.3) is 0 Å². The average Bonchev–Trinajstić information content (AvgIpc) is 2.97. The molecule has 2 aromatic rings. The van der Waals surface area contributed by atoms with Crippen LogP contribution in [0.3, 0.4) is 0 Å². The van der Waals surface area contributed by atoms with Crippen LogP contribution in [-0.2, 0) is 17.8 Å². The van der Waals surface area contributed by atoms with E-state index < -0.39 is 0 Å². The number of nitrogens with two attached hydrogens (primary N) is 1. The lowest BCUT2D eigenvalue weighted by Crippen LogP contribution is -2.37. The molecule has 4 nitrogen and oxygen atoms in total. The zero-order valence-electron chi connectivity index (χ0n) is 13.2. The normalized spacial score (nSPS) is 18.0. The van der Waals surface area contributed by atoms with Crippen LogP contribution in [0.25, 0.3) is 0 Å². The van der Waals surface area contributed by atoms with Gasteiger partial charge in [0.05, 0.1) is 6.42 Å². The van der Waals surface area contributed by atoms with Crippen molar-refractivity contribution in [3.8, 4) is 0 Å². The van der Waals surface area contributed by atoms with E-state index in [1.165, 1.54) is 5.56 Å². The number of nitrogen functional groups attached to an aromatic ring is 1. The SMILES string of the molecule is Nc1ccc(CC(=O)NC2CCN(Cc3ccccc3)C2)cc1. The Labute approximate surface area is 137 Å². The number of rotatable bonds is 5. The average molecular weight is 309 g/mol. The zero-order valence-corrected chi connectivity index (χ0v) is 13.2. The third-order valence-electron chi connectivity index (χ3n) is 4.23. The Morgan fingerprint density at radius 2 is 1.83 bits per heavy atom. The van der Waals surface area contributed by atoms with Gasteiger partial charge in [0.2, 0.25) is 5.91 Å². The van der Waals surface area contributed by atoms with Crippen molar-refractivity contribution >= 4 is 11.6 Å². The molecule has 0 radical (unpaired) electrons. The van der Waals surface area contributed by atoms with Gasteiger partial charge >= 0.3 is 0 Å². The standard InChI is InChI=1S/C19H23N3O/c20-17-8-6-15(7-9-17)12-19(23)21-18-10-11-22(14-18)13-16-4-2-1-3-5-16/h1-9,18H,10-14,20H2,(H,21,23). The third-order valence-corrected chi connectivity index (χ3v) is 4.23. The fraction of sp³-hybridized carbons (Fsp3) is 0.316. The molecule has 1 unspecified atom stereocenters. The number of carbonyl (C=O) groups is 1. The first-order valence-electron chi connectivity index (χ1n) is 8.09. The molecule has 1 heterocycles. The van der Waals surface area contributed by atoms with Gasteiger partial charge in [-0.15, -0.1) is 0 Å². The molecule has 0 saturated carbocycles. The molecule has 0 aromatic heterocycles.